The summed E-state index contributed by atoms with van der Waals surface area (Å²) in [6.45, 7) is 1.96. The van der Waals surface area contributed by atoms with E-state index in [0.29, 0.717) is 11.5 Å². The Hall–Kier alpha value is -2.63. The monoisotopic (exact) mass is 367 g/mol. The van der Waals surface area contributed by atoms with Crippen molar-refractivity contribution in [1.29, 1.82) is 0 Å². The van der Waals surface area contributed by atoms with E-state index in [1.807, 2.05) is 43.3 Å². The summed E-state index contributed by atoms with van der Waals surface area (Å²) in [5.41, 5.74) is 2.74. The maximum absolute atomic E-state index is 10.1. The zero-order valence-corrected chi connectivity index (χ0v) is 14.9. The van der Waals surface area contributed by atoms with Crippen LogP contribution in [0, 0.1) is 6.92 Å². The molecule has 0 radical (unpaired) electrons. The highest BCUT2D eigenvalue weighted by Gasteiger charge is 2.13. The van der Waals surface area contributed by atoms with Gasteiger partial charge >= 0.3 is 0 Å². The highest BCUT2D eigenvalue weighted by molar-refractivity contribution is 7.22. The molecule has 4 aromatic rings. The molecule has 0 bridgehead atoms. The van der Waals surface area contributed by atoms with Crippen molar-refractivity contribution in [3.8, 4) is 16.2 Å². The van der Waals surface area contributed by atoms with Crippen molar-refractivity contribution in [2.45, 2.75) is 6.92 Å². The molecular formula is C19H14ClN3OS. The molecule has 0 aliphatic heterocycles. The Kier molecular flexibility index (Phi) is 4.03. The van der Waals surface area contributed by atoms with Gasteiger partial charge in [-0.05, 0) is 47.9 Å². The Morgan fingerprint density at radius 3 is 2.64 bits per heavy atom. The number of phenolic OH excluding ortho intramolecular Hbond substituents is 1. The molecular weight excluding hydrogens is 354 g/mol. The van der Waals surface area contributed by atoms with Gasteiger partial charge in [-0.15, -0.1) is 11.3 Å². The molecule has 0 spiro atoms. The number of aromatic hydroxyl groups is 1. The van der Waals surface area contributed by atoms with Crippen LogP contribution >= 0.6 is 22.9 Å². The first-order chi connectivity index (χ1) is 12.1. The highest BCUT2D eigenvalue weighted by Crippen LogP contribution is 2.37. The number of halogens is 1. The topological polar surface area (TPSA) is 58.0 Å². The van der Waals surface area contributed by atoms with E-state index in [4.69, 9.17) is 11.6 Å². The molecule has 0 unspecified atom stereocenters. The second-order valence-corrected chi connectivity index (χ2v) is 7.05. The van der Waals surface area contributed by atoms with E-state index >= 15 is 0 Å². The molecule has 25 heavy (non-hydrogen) atoms. The number of hydrogen-bond acceptors (Lipinski definition) is 5. The fourth-order valence-electron chi connectivity index (χ4n) is 2.61. The van der Waals surface area contributed by atoms with E-state index < -0.39 is 0 Å². The summed E-state index contributed by atoms with van der Waals surface area (Å²) >= 11 is 7.66. The lowest BCUT2D eigenvalue weighted by Gasteiger charge is -2.09. The molecule has 0 aliphatic rings. The van der Waals surface area contributed by atoms with Gasteiger partial charge < -0.3 is 10.4 Å². The molecule has 2 aromatic heterocycles. The van der Waals surface area contributed by atoms with Crippen molar-refractivity contribution in [1.82, 2.24) is 9.97 Å². The lowest BCUT2D eigenvalue weighted by atomic mass is 10.2. The molecule has 4 rings (SSSR count). The first-order valence-electron chi connectivity index (χ1n) is 7.69. The molecule has 0 aliphatic carbocycles. The smallest absolute Gasteiger partial charge is 0.225 e. The SMILES string of the molecule is Cc1ccc(O)c(Nc2nc(Cl)nc3sc(-c4ccccc4)cc23)c1. The van der Waals surface area contributed by atoms with Crippen LogP contribution in [-0.2, 0) is 0 Å². The van der Waals surface area contributed by atoms with Gasteiger partial charge in [-0.2, -0.15) is 4.98 Å². The van der Waals surface area contributed by atoms with Crippen molar-refractivity contribution in [2.75, 3.05) is 5.32 Å². The fraction of sp³-hybridized carbons (Fsp3) is 0.0526. The van der Waals surface area contributed by atoms with Gasteiger partial charge in [-0.1, -0.05) is 36.4 Å². The normalized spacial score (nSPS) is 11.0. The second kappa shape index (κ2) is 6.35. The summed E-state index contributed by atoms with van der Waals surface area (Å²) < 4.78 is 0. The molecule has 2 N–H and O–H groups in total. The van der Waals surface area contributed by atoms with Crippen LogP contribution in [0.3, 0.4) is 0 Å². The average Bonchev–Trinajstić information content (AvgIpc) is 3.03. The lowest BCUT2D eigenvalue weighted by Crippen LogP contribution is -1.96. The minimum Gasteiger partial charge on any atom is -0.506 e. The quantitative estimate of drug-likeness (QED) is 0.356. The number of aryl methyl sites for hydroxylation is 1. The van der Waals surface area contributed by atoms with E-state index in [0.717, 1.165) is 26.2 Å². The number of hydrogen-bond donors (Lipinski definition) is 2. The first kappa shape index (κ1) is 15.9. The summed E-state index contributed by atoms with van der Waals surface area (Å²) in [4.78, 5) is 10.5. The first-order valence-corrected chi connectivity index (χ1v) is 8.89. The van der Waals surface area contributed by atoms with Crippen LogP contribution in [0.5, 0.6) is 5.75 Å². The van der Waals surface area contributed by atoms with Crippen LogP contribution in [0.1, 0.15) is 5.56 Å². The Morgan fingerprint density at radius 2 is 1.84 bits per heavy atom. The summed E-state index contributed by atoms with van der Waals surface area (Å²) in [6.07, 6.45) is 0. The Bertz CT molecular complexity index is 1060. The predicted octanol–water partition coefficient (Wildman–Crippen LogP) is 5.77. The Labute approximate surface area is 153 Å². The van der Waals surface area contributed by atoms with Gasteiger partial charge in [0.2, 0.25) is 5.28 Å². The van der Waals surface area contributed by atoms with Gasteiger partial charge in [0, 0.05) is 4.88 Å². The lowest BCUT2D eigenvalue weighted by molar-refractivity contribution is 0.477. The van der Waals surface area contributed by atoms with Crippen LogP contribution in [0.2, 0.25) is 5.28 Å². The van der Waals surface area contributed by atoms with Crippen LogP contribution in [-0.4, -0.2) is 15.1 Å². The van der Waals surface area contributed by atoms with Gasteiger partial charge in [0.05, 0.1) is 11.1 Å². The third kappa shape index (κ3) is 3.16. The summed E-state index contributed by atoms with van der Waals surface area (Å²) in [5.74, 6) is 0.737. The number of phenols is 1. The van der Waals surface area contributed by atoms with Crippen LogP contribution in [0.15, 0.2) is 54.6 Å². The number of benzene rings is 2. The molecule has 0 saturated carbocycles. The van der Waals surface area contributed by atoms with Crippen LogP contribution < -0.4 is 5.32 Å². The third-order valence-electron chi connectivity index (χ3n) is 3.83. The van der Waals surface area contributed by atoms with Crippen LogP contribution in [0.25, 0.3) is 20.7 Å². The summed E-state index contributed by atoms with van der Waals surface area (Å²) in [6, 6.07) is 17.5. The minimum atomic E-state index is 0.159. The number of nitrogens with zero attached hydrogens (tertiary/aromatic N) is 2. The van der Waals surface area contributed by atoms with Crippen LogP contribution in [0.4, 0.5) is 11.5 Å². The number of aromatic nitrogens is 2. The highest BCUT2D eigenvalue weighted by atomic mass is 35.5. The van der Waals surface area contributed by atoms with Gasteiger partial charge in [-0.3, -0.25) is 0 Å². The molecule has 2 aromatic carbocycles. The fourth-order valence-corrected chi connectivity index (χ4v) is 3.87. The number of fused-ring (bicyclic) bond motifs is 1. The van der Waals surface area contributed by atoms with Gasteiger partial charge in [0.25, 0.3) is 0 Å². The van der Waals surface area contributed by atoms with Crippen molar-refractivity contribution in [2.24, 2.45) is 0 Å². The minimum absolute atomic E-state index is 0.159. The van der Waals surface area contributed by atoms with E-state index in [-0.39, 0.29) is 11.0 Å². The summed E-state index contributed by atoms with van der Waals surface area (Å²) in [5, 5.41) is 14.3. The van der Waals surface area contributed by atoms with E-state index in [1.54, 1.807) is 17.4 Å². The Balaban J connectivity index is 1.83. The molecule has 6 heteroatoms. The second-order valence-electron chi connectivity index (χ2n) is 5.68. The Morgan fingerprint density at radius 1 is 1.04 bits per heavy atom. The van der Waals surface area contributed by atoms with E-state index in [2.05, 4.69) is 27.4 Å². The zero-order valence-electron chi connectivity index (χ0n) is 13.3. The van der Waals surface area contributed by atoms with Crippen molar-refractivity contribution >= 4 is 44.7 Å². The van der Waals surface area contributed by atoms with Crippen molar-refractivity contribution in [3.05, 3.63) is 65.4 Å². The molecule has 0 amide bonds. The molecule has 0 atom stereocenters. The maximum Gasteiger partial charge on any atom is 0.225 e. The molecule has 0 fully saturated rings. The van der Waals surface area contributed by atoms with Gasteiger partial charge in [0.1, 0.15) is 16.4 Å². The zero-order chi connectivity index (χ0) is 17.4. The molecule has 2 heterocycles. The van der Waals surface area contributed by atoms with E-state index in [9.17, 15) is 5.11 Å². The van der Waals surface area contributed by atoms with Gasteiger partial charge in [-0.25, -0.2) is 4.98 Å². The summed E-state index contributed by atoms with van der Waals surface area (Å²) in [7, 11) is 0. The standard InChI is InChI=1S/C19H14ClN3OS/c1-11-7-8-15(24)14(9-11)21-17-13-10-16(12-5-3-2-4-6-12)25-18(13)23-19(20)22-17/h2-10,24H,1H3,(H,21,22,23). The average molecular weight is 368 g/mol. The van der Waals surface area contributed by atoms with Crippen molar-refractivity contribution < 1.29 is 5.11 Å². The number of rotatable bonds is 3. The number of thiophene rings is 1. The molecule has 4 nitrogen and oxygen atoms in total. The molecule has 0 saturated heterocycles. The number of nitrogens with one attached hydrogen (secondary N) is 1. The third-order valence-corrected chi connectivity index (χ3v) is 5.08. The molecule has 124 valence electrons. The maximum atomic E-state index is 10.1. The van der Waals surface area contributed by atoms with E-state index in [1.165, 1.54) is 0 Å². The number of anilines is 2. The predicted molar refractivity (Wildman–Crippen MR) is 104 cm³/mol. The van der Waals surface area contributed by atoms with Crippen molar-refractivity contribution in [3.63, 3.8) is 0 Å². The largest absolute Gasteiger partial charge is 0.506 e. The van der Waals surface area contributed by atoms with Gasteiger partial charge in [0.15, 0.2) is 0 Å².